The summed E-state index contributed by atoms with van der Waals surface area (Å²) in [5, 5.41) is 5.78. The molecule has 27 heavy (non-hydrogen) atoms. The third-order valence-corrected chi connectivity index (χ3v) is 4.95. The van der Waals surface area contributed by atoms with E-state index in [1.165, 1.54) is 0 Å². The maximum atomic E-state index is 12.7. The van der Waals surface area contributed by atoms with Gasteiger partial charge in [0.15, 0.2) is 0 Å². The molecule has 0 aromatic carbocycles. The number of rotatable bonds is 7. The number of carbonyl (C=O) groups is 3. The van der Waals surface area contributed by atoms with Gasteiger partial charge >= 0.3 is 0 Å². The van der Waals surface area contributed by atoms with E-state index in [9.17, 15) is 14.4 Å². The Morgan fingerprint density at radius 1 is 1.11 bits per heavy atom. The molecule has 2 N–H and O–H groups in total. The van der Waals surface area contributed by atoms with Crippen molar-refractivity contribution in [2.45, 2.75) is 46.2 Å². The monoisotopic (exact) mass is 381 g/mol. The normalized spacial score (nSPS) is 22.2. The maximum Gasteiger partial charge on any atom is 0.237 e. The molecular weight excluding hydrogens is 346 g/mol. The second-order valence-electron chi connectivity index (χ2n) is 8.28. The van der Waals surface area contributed by atoms with Crippen LogP contribution in [0.15, 0.2) is 0 Å². The lowest BCUT2D eigenvalue weighted by Gasteiger charge is -2.38. The van der Waals surface area contributed by atoms with Gasteiger partial charge in [-0.2, -0.15) is 0 Å². The van der Waals surface area contributed by atoms with E-state index in [-0.39, 0.29) is 36.2 Å². The van der Waals surface area contributed by atoms with Gasteiger partial charge < -0.3 is 15.5 Å². The predicted molar refractivity (Wildman–Crippen MR) is 104 cm³/mol. The van der Waals surface area contributed by atoms with Gasteiger partial charge in [-0.25, -0.2) is 0 Å². The molecule has 1 unspecified atom stereocenters. The van der Waals surface area contributed by atoms with E-state index < -0.39 is 0 Å². The van der Waals surface area contributed by atoms with Gasteiger partial charge in [-0.05, 0) is 19.8 Å². The summed E-state index contributed by atoms with van der Waals surface area (Å²) < 4.78 is 0. The molecule has 2 heterocycles. The lowest BCUT2D eigenvalue weighted by molar-refractivity contribution is -0.140. The van der Waals surface area contributed by atoms with Gasteiger partial charge in [0.25, 0.3) is 0 Å². The van der Waals surface area contributed by atoms with Crippen LogP contribution in [0.4, 0.5) is 0 Å². The van der Waals surface area contributed by atoms with Crippen LogP contribution in [0.2, 0.25) is 0 Å². The van der Waals surface area contributed by atoms with Crippen molar-refractivity contribution in [1.82, 2.24) is 25.3 Å². The second kappa shape index (κ2) is 10.0. The highest BCUT2D eigenvalue weighted by molar-refractivity contribution is 5.89. The van der Waals surface area contributed by atoms with Gasteiger partial charge in [0.1, 0.15) is 0 Å². The zero-order valence-electron chi connectivity index (χ0n) is 17.2. The molecular formula is C19H35N5O3. The molecule has 2 rings (SSSR count). The Bertz CT molecular complexity index is 529. The van der Waals surface area contributed by atoms with Crippen molar-refractivity contribution in [3.8, 4) is 0 Å². The van der Waals surface area contributed by atoms with Crippen LogP contribution in [0.1, 0.15) is 34.1 Å². The van der Waals surface area contributed by atoms with E-state index in [0.29, 0.717) is 45.2 Å². The fourth-order valence-corrected chi connectivity index (χ4v) is 3.69. The van der Waals surface area contributed by atoms with E-state index in [0.717, 1.165) is 13.1 Å². The number of nitrogens with one attached hydrogen (secondary N) is 2. The molecule has 3 amide bonds. The second-order valence-corrected chi connectivity index (χ2v) is 8.28. The van der Waals surface area contributed by atoms with Crippen LogP contribution < -0.4 is 10.6 Å². The Morgan fingerprint density at radius 3 is 2.37 bits per heavy atom. The SMILES string of the molecule is CC(C)CN1CCNC(=O)C1CC(=O)N1CCN(CC(=O)NC(C)C)CC1. The van der Waals surface area contributed by atoms with Crippen molar-refractivity contribution in [2.75, 3.05) is 52.4 Å². The summed E-state index contributed by atoms with van der Waals surface area (Å²) >= 11 is 0. The van der Waals surface area contributed by atoms with Crippen LogP contribution in [0.3, 0.4) is 0 Å². The summed E-state index contributed by atoms with van der Waals surface area (Å²) in [6.45, 7) is 13.3. The molecule has 8 heteroatoms. The first-order valence-electron chi connectivity index (χ1n) is 10.1. The van der Waals surface area contributed by atoms with Gasteiger partial charge in [-0.3, -0.25) is 24.2 Å². The smallest absolute Gasteiger partial charge is 0.237 e. The molecule has 1 atom stereocenters. The van der Waals surface area contributed by atoms with E-state index in [1.807, 2.05) is 18.7 Å². The van der Waals surface area contributed by atoms with E-state index in [1.54, 1.807) is 0 Å². The average Bonchev–Trinajstić information content (AvgIpc) is 2.57. The Morgan fingerprint density at radius 2 is 1.78 bits per heavy atom. The highest BCUT2D eigenvalue weighted by Crippen LogP contribution is 2.14. The first kappa shape index (κ1) is 21.6. The zero-order valence-corrected chi connectivity index (χ0v) is 17.2. The lowest BCUT2D eigenvalue weighted by Crippen LogP contribution is -2.58. The largest absolute Gasteiger partial charge is 0.353 e. The minimum absolute atomic E-state index is 0.0213. The predicted octanol–water partition coefficient (Wildman–Crippen LogP) is -0.498. The van der Waals surface area contributed by atoms with Crippen LogP contribution in [0.5, 0.6) is 0 Å². The highest BCUT2D eigenvalue weighted by atomic mass is 16.2. The highest BCUT2D eigenvalue weighted by Gasteiger charge is 2.33. The molecule has 0 saturated carbocycles. The Labute approximate surface area is 162 Å². The maximum absolute atomic E-state index is 12.7. The van der Waals surface area contributed by atoms with Crippen molar-refractivity contribution >= 4 is 17.7 Å². The Balaban J connectivity index is 1.82. The Kier molecular flexibility index (Phi) is 8.04. The number of hydrogen-bond acceptors (Lipinski definition) is 5. The van der Waals surface area contributed by atoms with Crippen molar-refractivity contribution < 1.29 is 14.4 Å². The summed E-state index contributed by atoms with van der Waals surface area (Å²) in [4.78, 5) is 42.9. The molecule has 0 bridgehead atoms. The summed E-state index contributed by atoms with van der Waals surface area (Å²) in [6.07, 6.45) is 0.229. The Hall–Kier alpha value is -1.67. The van der Waals surface area contributed by atoms with E-state index >= 15 is 0 Å². The summed E-state index contributed by atoms with van der Waals surface area (Å²) in [6, 6.07) is -0.237. The number of piperazine rings is 2. The van der Waals surface area contributed by atoms with Crippen LogP contribution in [0, 0.1) is 5.92 Å². The number of carbonyl (C=O) groups excluding carboxylic acids is 3. The summed E-state index contributed by atoms with van der Waals surface area (Å²) in [5.74, 6) is 0.457. The van der Waals surface area contributed by atoms with Gasteiger partial charge in [0.05, 0.1) is 19.0 Å². The molecule has 0 aliphatic carbocycles. The zero-order chi connectivity index (χ0) is 20.0. The van der Waals surface area contributed by atoms with Gasteiger partial charge in [0.2, 0.25) is 17.7 Å². The van der Waals surface area contributed by atoms with Crippen LogP contribution in [-0.4, -0.2) is 96.9 Å². The van der Waals surface area contributed by atoms with E-state index in [4.69, 9.17) is 0 Å². The molecule has 2 fully saturated rings. The molecule has 8 nitrogen and oxygen atoms in total. The minimum Gasteiger partial charge on any atom is -0.353 e. The van der Waals surface area contributed by atoms with Gasteiger partial charge in [-0.15, -0.1) is 0 Å². The fourth-order valence-electron chi connectivity index (χ4n) is 3.69. The van der Waals surface area contributed by atoms with Gasteiger partial charge in [-0.1, -0.05) is 13.8 Å². The quantitative estimate of drug-likeness (QED) is 0.621. The minimum atomic E-state index is -0.372. The molecule has 2 aliphatic heterocycles. The average molecular weight is 382 g/mol. The van der Waals surface area contributed by atoms with Gasteiger partial charge in [0, 0.05) is 51.9 Å². The van der Waals surface area contributed by atoms with Crippen LogP contribution in [0.25, 0.3) is 0 Å². The molecule has 0 aromatic rings. The standard InChI is InChI=1S/C19H35N5O3/c1-14(2)12-24-6-5-20-19(27)16(24)11-18(26)23-9-7-22(8-10-23)13-17(25)21-15(3)4/h14-16H,5-13H2,1-4H3,(H,20,27)(H,21,25). The fraction of sp³-hybridized carbons (Fsp3) is 0.842. The lowest BCUT2D eigenvalue weighted by atomic mass is 10.0. The summed E-state index contributed by atoms with van der Waals surface area (Å²) in [7, 11) is 0. The first-order chi connectivity index (χ1) is 12.8. The van der Waals surface area contributed by atoms with Crippen LogP contribution >= 0.6 is 0 Å². The molecule has 2 saturated heterocycles. The van der Waals surface area contributed by atoms with E-state index in [2.05, 4.69) is 34.3 Å². The first-order valence-corrected chi connectivity index (χ1v) is 10.1. The number of nitrogens with zero attached hydrogens (tertiary/aromatic N) is 3. The summed E-state index contributed by atoms with van der Waals surface area (Å²) in [5.41, 5.74) is 0. The van der Waals surface area contributed by atoms with Crippen molar-refractivity contribution in [1.29, 1.82) is 0 Å². The number of hydrogen-bond donors (Lipinski definition) is 2. The van der Waals surface area contributed by atoms with Crippen LogP contribution in [-0.2, 0) is 14.4 Å². The molecule has 154 valence electrons. The molecule has 0 radical (unpaired) electrons. The molecule has 0 aromatic heterocycles. The molecule has 2 aliphatic rings. The number of amides is 3. The topological polar surface area (TPSA) is 85.0 Å². The third kappa shape index (κ3) is 6.77. The van der Waals surface area contributed by atoms with Crippen molar-refractivity contribution in [3.63, 3.8) is 0 Å². The molecule has 0 spiro atoms. The van der Waals surface area contributed by atoms with Crippen molar-refractivity contribution in [2.24, 2.45) is 5.92 Å². The third-order valence-electron chi connectivity index (χ3n) is 4.95. The van der Waals surface area contributed by atoms with Crippen molar-refractivity contribution in [3.05, 3.63) is 0 Å².